The zero-order valence-corrected chi connectivity index (χ0v) is 13.6. The normalized spacial score (nSPS) is 16.6. The number of nitrogens with zero attached hydrogens (tertiary/aromatic N) is 1. The second-order valence-corrected chi connectivity index (χ2v) is 7.25. The van der Waals surface area contributed by atoms with Gasteiger partial charge in [-0.25, -0.2) is 0 Å². The quantitative estimate of drug-likeness (QED) is 0.638. The molecule has 3 nitrogen and oxygen atoms in total. The van der Waals surface area contributed by atoms with Gasteiger partial charge >= 0.3 is 0 Å². The van der Waals surface area contributed by atoms with Crippen LogP contribution in [0.3, 0.4) is 0 Å². The molecule has 0 saturated carbocycles. The molecule has 116 valence electrons. The maximum Gasteiger partial charge on any atom is 0.169 e. The first-order valence-corrected chi connectivity index (χ1v) is 7.97. The van der Waals surface area contributed by atoms with Gasteiger partial charge < -0.3 is 4.52 Å². The van der Waals surface area contributed by atoms with Crippen molar-refractivity contribution in [3.05, 3.63) is 53.3 Å². The van der Waals surface area contributed by atoms with E-state index in [0.29, 0.717) is 17.7 Å². The van der Waals surface area contributed by atoms with Crippen LogP contribution in [0, 0.1) is 12.3 Å². The van der Waals surface area contributed by atoms with Crippen LogP contribution in [-0.4, -0.2) is 10.9 Å². The molecule has 0 fully saturated rings. The van der Waals surface area contributed by atoms with Crippen LogP contribution in [0.15, 0.2) is 40.9 Å². The first-order chi connectivity index (χ1) is 11.0. The Kier molecular flexibility index (Phi) is 2.95. The molecular formula is C20H19NO2. The highest BCUT2D eigenvalue weighted by Gasteiger charge is 2.37. The molecule has 4 rings (SSSR count). The van der Waals surface area contributed by atoms with Gasteiger partial charge in [0.05, 0.1) is 5.56 Å². The summed E-state index contributed by atoms with van der Waals surface area (Å²) in [5.74, 6) is 0.869. The van der Waals surface area contributed by atoms with Crippen molar-refractivity contribution in [1.29, 1.82) is 0 Å². The number of Topliss-reactive ketones (excluding diaryl/α,β-unsaturated/α-hetero) is 1. The molecule has 1 aromatic heterocycles. The fraction of sp³-hybridized carbons (Fsp3) is 0.300. The lowest BCUT2D eigenvalue weighted by atomic mass is 9.75. The molecule has 1 aliphatic carbocycles. The van der Waals surface area contributed by atoms with Crippen LogP contribution in [0.5, 0.6) is 0 Å². The highest BCUT2D eigenvalue weighted by atomic mass is 16.5. The van der Waals surface area contributed by atoms with Gasteiger partial charge in [-0.3, -0.25) is 4.79 Å². The van der Waals surface area contributed by atoms with Crippen LogP contribution in [-0.2, 0) is 6.42 Å². The number of carbonyl (C=O) groups excluding carboxylic acids is 1. The number of rotatable bonds is 1. The molecule has 0 N–H and O–H groups in total. The average Bonchev–Trinajstić information content (AvgIpc) is 2.89. The smallest absolute Gasteiger partial charge is 0.169 e. The van der Waals surface area contributed by atoms with E-state index in [2.05, 4.69) is 50.2 Å². The maximum atomic E-state index is 12.7. The van der Waals surface area contributed by atoms with Gasteiger partial charge in [0, 0.05) is 18.4 Å². The first kappa shape index (κ1) is 14.2. The van der Waals surface area contributed by atoms with E-state index in [1.165, 1.54) is 0 Å². The lowest BCUT2D eigenvalue weighted by molar-refractivity contribution is 0.0902. The summed E-state index contributed by atoms with van der Waals surface area (Å²) in [6.07, 6.45) is 1.29. The molecule has 2 aromatic carbocycles. The molecule has 3 aromatic rings. The molecule has 0 atom stereocenters. The third-order valence-corrected chi connectivity index (χ3v) is 4.69. The summed E-state index contributed by atoms with van der Waals surface area (Å²) in [6.45, 7) is 6.25. The largest absolute Gasteiger partial charge is 0.360 e. The zero-order chi connectivity index (χ0) is 16.2. The van der Waals surface area contributed by atoms with Gasteiger partial charge in [0.1, 0.15) is 11.5 Å². The zero-order valence-electron chi connectivity index (χ0n) is 13.6. The summed E-state index contributed by atoms with van der Waals surface area (Å²) in [6, 6.07) is 12.4. The van der Waals surface area contributed by atoms with Crippen molar-refractivity contribution >= 4 is 16.6 Å². The van der Waals surface area contributed by atoms with E-state index in [1.54, 1.807) is 0 Å². The fourth-order valence-electron chi connectivity index (χ4n) is 3.62. The van der Waals surface area contributed by atoms with Gasteiger partial charge in [0.15, 0.2) is 5.78 Å². The van der Waals surface area contributed by atoms with E-state index >= 15 is 0 Å². The topological polar surface area (TPSA) is 43.1 Å². The number of hydrogen-bond donors (Lipinski definition) is 0. The van der Waals surface area contributed by atoms with Gasteiger partial charge in [-0.15, -0.1) is 0 Å². The Labute approximate surface area is 135 Å². The SMILES string of the molecule is Cc1ccc2ccccc2c1-c1noc2c1C(=O)CC(C)(C)C2. The Balaban J connectivity index is 2.00. The van der Waals surface area contributed by atoms with Gasteiger partial charge in [-0.05, 0) is 28.7 Å². The molecule has 0 amide bonds. The predicted octanol–water partition coefficient (Wildman–Crippen LogP) is 4.96. The van der Waals surface area contributed by atoms with Crippen LogP contribution in [0.4, 0.5) is 0 Å². The second kappa shape index (κ2) is 4.79. The summed E-state index contributed by atoms with van der Waals surface area (Å²) in [4.78, 5) is 12.7. The first-order valence-electron chi connectivity index (χ1n) is 7.97. The van der Waals surface area contributed by atoms with Crippen molar-refractivity contribution in [3.63, 3.8) is 0 Å². The molecule has 23 heavy (non-hydrogen) atoms. The number of aromatic nitrogens is 1. The van der Waals surface area contributed by atoms with Gasteiger partial charge in [0.2, 0.25) is 0 Å². The number of benzene rings is 2. The van der Waals surface area contributed by atoms with E-state index in [0.717, 1.165) is 34.1 Å². The van der Waals surface area contributed by atoms with Gasteiger partial charge in [0.25, 0.3) is 0 Å². The van der Waals surface area contributed by atoms with Gasteiger partial charge in [-0.2, -0.15) is 0 Å². The number of fused-ring (bicyclic) bond motifs is 2. The fourth-order valence-corrected chi connectivity index (χ4v) is 3.62. The van der Waals surface area contributed by atoms with Crippen LogP contribution in [0.25, 0.3) is 22.0 Å². The van der Waals surface area contributed by atoms with Crippen LogP contribution in [0.1, 0.15) is 41.9 Å². The molecule has 0 radical (unpaired) electrons. The van der Waals surface area contributed by atoms with Crippen molar-refractivity contribution < 1.29 is 9.32 Å². The maximum absolute atomic E-state index is 12.7. The summed E-state index contributed by atoms with van der Waals surface area (Å²) >= 11 is 0. The van der Waals surface area contributed by atoms with Crippen molar-refractivity contribution in [3.8, 4) is 11.3 Å². The van der Waals surface area contributed by atoms with E-state index in [9.17, 15) is 4.79 Å². The van der Waals surface area contributed by atoms with Crippen molar-refractivity contribution in [2.24, 2.45) is 5.41 Å². The van der Waals surface area contributed by atoms with Crippen molar-refractivity contribution in [2.45, 2.75) is 33.6 Å². The Morgan fingerprint density at radius 1 is 1.04 bits per heavy atom. The van der Waals surface area contributed by atoms with E-state index in [1.807, 2.05) is 12.1 Å². The highest BCUT2D eigenvalue weighted by Crippen LogP contribution is 2.41. The molecule has 0 saturated heterocycles. The molecule has 0 spiro atoms. The molecule has 0 aliphatic heterocycles. The standard InChI is InChI=1S/C20H19NO2/c1-12-8-9-13-6-4-5-7-14(13)17(12)19-18-15(22)10-20(2,3)11-16(18)23-21-19/h4-9H,10-11H2,1-3H3. The molecule has 1 aliphatic rings. The summed E-state index contributed by atoms with van der Waals surface area (Å²) in [5.41, 5.74) is 3.45. The summed E-state index contributed by atoms with van der Waals surface area (Å²) in [5, 5.41) is 6.56. The Morgan fingerprint density at radius 3 is 2.65 bits per heavy atom. The molecular weight excluding hydrogens is 286 g/mol. The van der Waals surface area contributed by atoms with Crippen LogP contribution < -0.4 is 0 Å². The third-order valence-electron chi connectivity index (χ3n) is 4.69. The van der Waals surface area contributed by atoms with Gasteiger partial charge in [-0.1, -0.05) is 55.4 Å². The third kappa shape index (κ3) is 2.19. The molecule has 0 unspecified atom stereocenters. The Morgan fingerprint density at radius 2 is 1.83 bits per heavy atom. The lowest BCUT2D eigenvalue weighted by Crippen LogP contribution is -2.26. The molecule has 0 bridgehead atoms. The van der Waals surface area contributed by atoms with Crippen molar-refractivity contribution in [2.75, 3.05) is 0 Å². The minimum Gasteiger partial charge on any atom is -0.360 e. The Bertz CT molecular complexity index is 934. The lowest BCUT2D eigenvalue weighted by Gasteiger charge is -2.26. The highest BCUT2D eigenvalue weighted by molar-refractivity contribution is 6.07. The van der Waals surface area contributed by atoms with E-state index < -0.39 is 0 Å². The van der Waals surface area contributed by atoms with Crippen LogP contribution in [0.2, 0.25) is 0 Å². The molecule has 1 heterocycles. The van der Waals surface area contributed by atoms with E-state index in [4.69, 9.17) is 4.52 Å². The molecule has 3 heteroatoms. The number of ketones is 1. The number of aryl methyl sites for hydroxylation is 1. The minimum absolute atomic E-state index is 0.0608. The van der Waals surface area contributed by atoms with Crippen LogP contribution >= 0.6 is 0 Å². The predicted molar refractivity (Wildman–Crippen MR) is 90.6 cm³/mol. The summed E-state index contributed by atoms with van der Waals surface area (Å²) in [7, 11) is 0. The van der Waals surface area contributed by atoms with E-state index in [-0.39, 0.29) is 11.2 Å². The summed E-state index contributed by atoms with van der Waals surface area (Å²) < 4.78 is 5.58. The average molecular weight is 305 g/mol. The number of hydrogen-bond acceptors (Lipinski definition) is 3. The second-order valence-electron chi connectivity index (χ2n) is 7.25. The Hall–Kier alpha value is -2.42. The minimum atomic E-state index is -0.0608. The monoisotopic (exact) mass is 305 g/mol. The van der Waals surface area contributed by atoms with Crippen molar-refractivity contribution in [1.82, 2.24) is 5.16 Å². The number of carbonyl (C=O) groups is 1.